The van der Waals surface area contributed by atoms with Crippen LogP contribution in [0.2, 0.25) is 0 Å². The molecule has 104 valence electrons. The first-order chi connectivity index (χ1) is 8.56. The molecule has 0 aromatic rings. The van der Waals surface area contributed by atoms with Crippen LogP contribution in [0.3, 0.4) is 0 Å². The molecule has 2 saturated heterocycles. The molecule has 0 radical (unpaired) electrons. The maximum Gasteiger partial charge on any atom is 0.303 e. The van der Waals surface area contributed by atoms with E-state index in [1.165, 1.54) is 25.8 Å². The molecule has 2 rings (SSSR count). The van der Waals surface area contributed by atoms with Gasteiger partial charge in [-0.25, -0.2) is 0 Å². The summed E-state index contributed by atoms with van der Waals surface area (Å²) in [7, 11) is 2.20. The van der Waals surface area contributed by atoms with Crippen molar-refractivity contribution in [1.29, 1.82) is 0 Å². The molecule has 2 aliphatic rings. The second-order valence-corrected chi connectivity index (χ2v) is 6.11. The molecule has 2 heterocycles. The molecule has 4 nitrogen and oxygen atoms in total. The summed E-state index contributed by atoms with van der Waals surface area (Å²) in [6.45, 7) is 5.63. The van der Waals surface area contributed by atoms with Crippen molar-refractivity contribution in [2.45, 2.75) is 51.1 Å². The van der Waals surface area contributed by atoms with Gasteiger partial charge in [0.1, 0.15) is 0 Å². The Labute approximate surface area is 110 Å². The molecule has 4 heteroatoms. The minimum Gasteiger partial charge on any atom is -0.481 e. The molecule has 3 atom stereocenters. The highest BCUT2D eigenvalue weighted by atomic mass is 16.4. The molecular weight excluding hydrogens is 228 g/mol. The minimum atomic E-state index is -0.640. The van der Waals surface area contributed by atoms with Crippen molar-refractivity contribution in [3.05, 3.63) is 0 Å². The van der Waals surface area contributed by atoms with Gasteiger partial charge in [0.2, 0.25) is 0 Å². The van der Waals surface area contributed by atoms with Crippen LogP contribution in [0.15, 0.2) is 0 Å². The average molecular weight is 254 g/mol. The van der Waals surface area contributed by atoms with Crippen molar-refractivity contribution < 1.29 is 9.90 Å². The summed E-state index contributed by atoms with van der Waals surface area (Å²) >= 11 is 0. The lowest BCUT2D eigenvalue weighted by Crippen LogP contribution is -2.50. The fourth-order valence-corrected chi connectivity index (χ4v) is 3.44. The van der Waals surface area contributed by atoms with E-state index in [0.29, 0.717) is 24.4 Å². The molecule has 2 aliphatic heterocycles. The van der Waals surface area contributed by atoms with Gasteiger partial charge < -0.3 is 10.0 Å². The first kappa shape index (κ1) is 13.8. The predicted octanol–water partition coefficient (Wildman–Crippen LogP) is 1.66. The van der Waals surface area contributed by atoms with Crippen molar-refractivity contribution in [1.82, 2.24) is 9.80 Å². The summed E-state index contributed by atoms with van der Waals surface area (Å²) in [5.74, 6) is -0.273. The van der Waals surface area contributed by atoms with Gasteiger partial charge in [-0.2, -0.15) is 0 Å². The van der Waals surface area contributed by atoms with Gasteiger partial charge >= 0.3 is 5.97 Å². The normalized spacial score (nSPS) is 35.6. The number of carbonyl (C=O) groups is 1. The quantitative estimate of drug-likeness (QED) is 0.832. The predicted molar refractivity (Wildman–Crippen MR) is 71.7 cm³/mol. The Kier molecular flexibility index (Phi) is 4.62. The van der Waals surface area contributed by atoms with Crippen molar-refractivity contribution in [3.8, 4) is 0 Å². The minimum absolute atomic E-state index is 0.346. The SMILES string of the molecule is CC1CC(N2CCCC(CC(=O)O)C2)CCN1C. The number of hydrogen-bond donors (Lipinski definition) is 1. The maximum absolute atomic E-state index is 10.8. The van der Waals surface area contributed by atoms with Crippen LogP contribution in [0.1, 0.15) is 39.0 Å². The number of likely N-dealkylation sites (tertiary alicyclic amines) is 2. The molecule has 18 heavy (non-hydrogen) atoms. The van der Waals surface area contributed by atoms with E-state index >= 15 is 0 Å². The maximum atomic E-state index is 10.8. The van der Waals surface area contributed by atoms with Gasteiger partial charge in [-0.3, -0.25) is 9.69 Å². The van der Waals surface area contributed by atoms with E-state index in [2.05, 4.69) is 23.8 Å². The van der Waals surface area contributed by atoms with E-state index in [1.807, 2.05) is 0 Å². The second kappa shape index (κ2) is 6.02. The van der Waals surface area contributed by atoms with E-state index in [-0.39, 0.29) is 0 Å². The molecule has 0 amide bonds. The Morgan fingerprint density at radius 1 is 1.33 bits per heavy atom. The smallest absolute Gasteiger partial charge is 0.303 e. The zero-order valence-corrected chi connectivity index (χ0v) is 11.6. The van der Waals surface area contributed by atoms with E-state index in [9.17, 15) is 4.79 Å². The topological polar surface area (TPSA) is 43.8 Å². The van der Waals surface area contributed by atoms with Gasteiger partial charge in [-0.1, -0.05) is 0 Å². The molecule has 0 saturated carbocycles. The molecular formula is C14H26N2O2. The third-order valence-electron chi connectivity index (χ3n) is 4.71. The Balaban J connectivity index is 1.86. The molecule has 0 aliphatic carbocycles. The van der Waals surface area contributed by atoms with Crippen LogP contribution in [-0.2, 0) is 4.79 Å². The summed E-state index contributed by atoms with van der Waals surface area (Å²) < 4.78 is 0. The Morgan fingerprint density at radius 3 is 2.78 bits per heavy atom. The Hall–Kier alpha value is -0.610. The van der Waals surface area contributed by atoms with Gasteiger partial charge in [0.25, 0.3) is 0 Å². The summed E-state index contributed by atoms with van der Waals surface area (Å²) in [4.78, 5) is 15.8. The lowest BCUT2D eigenvalue weighted by molar-refractivity contribution is -0.138. The summed E-state index contributed by atoms with van der Waals surface area (Å²) in [6, 6.07) is 1.33. The molecule has 0 aromatic carbocycles. The van der Waals surface area contributed by atoms with Gasteiger partial charge in [0.05, 0.1) is 0 Å². The zero-order chi connectivity index (χ0) is 13.1. The fourth-order valence-electron chi connectivity index (χ4n) is 3.44. The number of hydrogen-bond acceptors (Lipinski definition) is 3. The third kappa shape index (κ3) is 3.45. The van der Waals surface area contributed by atoms with E-state index in [4.69, 9.17) is 5.11 Å². The van der Waals surface area contributed by atoms with Crippen LogP contribution >= 0.6 is 0 Å². The third-order valence-corrected chi connectivity index (χ3v) is 4.71. The summed E-state index contributed by atoms with van der Waals surface area (Å²) in [5, 5.41) is 8.91. The molecule has 2 fully saturated rings. The van der Waals surface area contributed by atoms with Crippen LogP contribution in [0, 0.1) is 5.92 Å². The van der Waals surface area contributed by atoms with Gasteiger partial charge in [-0.05, 0) is 58.7 Å². The van der Waals surface area contributed by atoms with Gasteiger partial charge in [0.15, 0.2) is 0 Å². The molecule has 0 aromatic heterocycles. The standard InChI is InChI=1S/C14H26N2O2/c1-11-8-13(5-7-15(11)2)16-6-3-4-12(10-16)9-14(17)18/h11-13H,3-10H2,1-2H3,(H,17,18). The molecule has 0 spiro atoms. The number of piperidine rings is 2. The number of carboxylic acids is 1. The van der Waals surface area contributed by atoms with Crippen LogP contribution in [0.25, 0.3) is 0 Å². The van der Waals surface area contributed by atoms with Crippen LogP contribution < -0.4 is 0 Å². The molecule has 0 bridgehead atoms. The lowest BCUT2D eigenvalue weighted by Gasteiger charge is -2.43. The largest absolute Gasteiger partial charge is 0.481 e. The lowest BCUT2D eigenvalue weighted by atomic mass is 9.90. The van der Waals surface area contributed by atoms with Crippen LogP contribution in [0.4, 0.5) is 0 Å². The van der Waals surface area contributed by atoms with Crippen molar-refractivity contribution >= 4 is 5.97 Å². The zero-order valence-electron chi connectivity index (χ0n) is 11.6. The van der Waals surface area contributed by atoms with Crippen molar-refractivity contribution in [2.75, 3.05) is 26.7 Å². The van der Waals surface area contributed by atoms with Gasteiger partial charge in [-0.15, -0.1) is 0 Å². The van der Waals surface area contributed by atoms with Gasteiger partial charge in [0, 0.05) is 25.0 Å². The van der Waals surface area contributed by atoms with Crippen LogP contribution in [0.5, 0.6) is 0 Å². The van der Waals surface area contributed by atoms with E-state index in [1.54, 1.807) is 0 Å². The Morgan fingerprint density at radius 2 is 2.11 bits per heavy atom. The number of carboxylic acid groups (broad SMARTS) is 1. The molecule has 3 unspecified atom stereocenters. The van der Waals surface area contributed by atoms with Crippen LogP contribution in [-0.4, -0.2) is 59.6 Å². The Bertz CT molecular complexity index is 296. The highest BCUT2D eigenvalue weighted by Gasteiger charge is 2.31. The van der Waals surface area contributed by atoms with Crippen molar-refractivity contribution in [3.63, 3.8) is 0 Å². The number of rotatable bonds is 3. The van der Waals surface area contributed by atoms with Crippen molar-refractivity contribution in [2.24, 2.45) is 5.92 Å². The highest BCUT2D eigenvalue weighted by Crippen LogP contribution is 2.27. The van der Waals surface area contributed by atoms with E-state index < -0.39 is 5.97 Å². The first-order valence-electron chi connectivity index (χ1n) is 7.22. The second-order valence-electron chi connectivity index (χ2n) is 6.11. The molecule has 1 N–H and O–H groups in total. The number of nitrogens with zero attached hydrogens (tertiary/aromatic N) is 2. The monoisotopic (exact) mass is 254 g/mol. The summed E-state index contributed by atoms with van der Waals surface area (Å²) in [6.07, 6.45) is 5.07. The summed E-state index contributed by atoms with van der Waals surface area (Å²) in [5.41, 5.74) is 0. The average Bonchev–Trinajstić information content (AvgIpc) is 2.32. The highest BCUT2D eigenvalue weighted by molar-refractivity contribution is 5.67. The number of aliphatic carboxylic acids is 1. The fraction of sp³-hybridized carbons (Fsp3) is 0.929. The van der Waals surface area contributed by atoms with E-state index in [0.717, 1.165) is 19.5 Å². The first-order valence-corrected chi connectivity index (χ1v) is 7.22.